The van der Waals surface area contributed by atoms with Crippen molar-refractivity contribution in [3.05, 3.63) is 0 Å². The summed E-state index contributed by atoms with van der Waals surface area (Å²) in [5, 5.41) is 17.9. The van der Waals surface area contributed by atoms with Crippen LogP contribution in [0.1, 0.15) is 0 Å². The highest BCUT2D eigenvalue weighted by molar-refractivity contribution is 5.77. The Hall–Kier alpha value is -0.810. The second-order valence-electron chi connectivity index (χ2n) is 3.00. The molecule has 1 saturated heterocycles. The molecule has 0 aromatic carbocycles. The van der Waals surface area contributed by atoms with Crippen LogP contribution in [0.3, 0.4) is 0 Å². The molecule has 70 valence electrons. The van der Waals surface area contributed by atoms with Gasteiger partial charge in [-0.2, -0.15) is 0 Å². The predicted molar refractivity (Wildman–Crippen MR) is 42.7 cm³/mol. The van der Waals surface area contributed by atoms with E-state index < -0.39 is 0 Å². The van der Waals surface area contributed by atoms with Gasteiger partial charge >= 0.3 is 6.03 Å². The third-order valence-corrected chi connectivity index (χ3v) is 2.42. The van der Waals surface area contributed by atoms with E-state index in [-0.39, 0.29) is 31.3 Å². The van der Waals surface area contributed by atoms with Crippen molar-refractivity contribution in [2.24, 2.45) is 0 Å². The fourth-order valence-electron chi connectivity index (χ4n) is 1.54. The molecule has 1 rings (SSSR count). The van der Waals surface area contributed by atoms with Crippen molar-refractivity contribution in [3.63, 3.8) is 0 Å². The van der Waals surface area contributed by atoms with Crippen molar-refractivity contribution < 1.29 is 15.0 Å². The molecule has 5 heteroatoms. The Bertz CT molecular complexity index is 167. The van der Waals surface area contributed by atoms with Gasteiger partial charge in [-0.25, -0.2) is 4.79 Å². The van der Waals surface area contributed by atoms with E-state index in [2.05, 4.69) is 0 Å². The summed E-state index contributed by atoms with van der Waals surface area (Å²) < 4.78 is 0. The first-order valence-electron chi connectivity index (χ1n) is 3.84. The summed E-state index contributed by atoms with van der Waals surface area (Å²) in [6.45, 7) is -0.227. The fourth-order valence-corrected chi connectivity index (χ4v) is 1.54. The smallest absolute Gasteiger partial charge is 0.320 e. The molecule has 12 heavy (non-hydrogen) atoms. The summed E-state index contributed by atoms with van der Waals surface area (Å²) in [5.74, 6) is 0. The number of hydrogen-bond donors (Lipinski definition) is 2. The van der Waals surface area contributed by atoms with Gasteiger partial charge in [0.2, 0.25) is 0 Å². The molecule has 1 aliphatic heterocycles. The fraction of sp³-hybridized carbons (Fsp3) is 0.857. The van der Waals surface area contributed by atoms with E-state index in [1.165, 1.54) is 9.80 Å². The number of rotatable bonds is 2. The third kappa shape index (κ3) is 1.15. The lowest BCUT2D eigenvalue weighted by atomic mass is 10.1. The van der Waals surface area contributed by atoms with Gasteiger partial charge in [-0.3, -0.25) is 0 Å². The molecule has 1 fully saturated rings. The SMILES string of the molecule is CN1C(=O)N(C)C(CO)C1CO. The van der Waals surface area contributed by atoms with E-state index in [0.29, 0.717) is 0 Å². The first-order chi connectivity index (χ1) is 5.63. The lowest BCUT2D eigenvalue weighted by molar-refractivity contribution is 0.131. The maximum atomic E-state index is 11.3. The van der Waals surface area contributed by atoms with E-state index in [9.17, 15) is 4.79 Å². The highest BCUT2D eigenvalue weighted by Crippen LogP contribution is 2.18. The normalized spacial score (nSPS) is 30.2. The molecule has 0 bridgehead atoms. The molecule has 5 nitrogen and oxygen atoms in total. The van der Waals surface area contributed by atoms with E-state index in [1.807, 2.05) is 0 Å². The van der Waals surface area contributed by atoms with Crippen LogP contribution in [-0.2, 0) is 0 Å². The molecular formula is C7H14N2O3. The first kappa shape index (κ1) is 9.28. The molecule has 0 spiro atoms. The van der Waals surface area contributed by atoms with Gasteiger partial charge in [-0.15, -0.1) is 0 Å². The summed E-state index contributed by atoms with van der Waals surface area (Å²) in [7, 11) is 3.24. The second-order valence-corrected chi connectivity index (χ2v) is 3.00. The monoisotopic (exact) mass is 174 g/mol. The number of carbonyl (C=O) groups is 1. The third-order valence-electron chi connectivity index (χ3n) is 2.42. The molecule has 2 amide bonds. The highest BCUT2D eigenvalue weighted by atomic mass is 16.3. The van der Waals surface area contributed by atoms with Crippen LogP contribution in [-0.4, -0.2) is 65.4 Å². The van der Waals surface area contributed by atoms with Crippen molar-refractivity contribution in [3.8, 4) is 0 Å². The number of nitrogens with zero attached hydrogens (tertiary/aromatic N) is 2. The van der Waals surface area contributed by atoms with Gasteiger partial charge in [0, 0.05) is 14.1 Å². The Labute approximate surface area is 71.2 Å². The Kier molecular flexibility index (Phi) is 2.54. The number of amides is 2. The Morgan fingerprint density at radius 2 is 1.50 bits per heavy atom. The maximum absolute atomic E-state index is 11.3. The summed E-state index contributed by atoms with van der Waals surface area (Å²) in [6.07, 6.45) is 0. The molecule has 0 aromatic rings. The summed E-state index contributed by atoms with van der Waals surface area (Å²) in [4.78, 5) is 14.2. The van der Waals surface area contributed by atoms with Crippen LogP contribution in [0.4, 0.5) is 4.79 Å². The largest absolute Gasteiger partial charge is 0.394 e. The van der Waals surface area contributed by atoms with Crippen molar-refractivity contribution in [2.75, 3.05) is 27.3 Å². The summed E-state index contributed by atoms with van der Waals surface area (Å²) in [5.41, 5.74) is 0. The molecule has 0 aromatic heterocycles. The summed E-state index contributed by atoms with van der Waals surface area (Å²) >= 11 is 0. The molecule has 1 aliphatic rings. The average molecular weight is 174 g/mol. The standard InChI is InChI=1S/C7H14N2O3/c1-8-5(3-10)6(4-11)9(2)7(8)12/h5-6,10-11H,3-4H2,1-2H3. The minimum atomic E-state index is -0.285. The zero-order valence-electron chi connectivity index (χ0n) is 7.27. The number of carbonyl (C=O) groups excluding carboxylic acids is 1. The minimum absolute atomic E-state index is 0.113. The topological polar surface area (TPSA) is 64.0 Å². The zero-order valence-corrected chi connectivity index (χ0v) is 7.27. The number of hydrogen-bond acceptors (Lipinski definition) is 3. The average Bonchev–Trinajstić information content (AvgIpc) is 2.29. The number of aliphatic hydroxyl groups is 2. The van der Waals surface area contributed by atoms with Gasteiger partial charge in [0.25, 0.3) is 0 Å². The van der Waals surface area contributed by atoms with E-state index >= 15 is 0 Å². The molecule has 2 atom stereocenters. The van der Waals surface area contributed by atoms with Crippen LogP contribution in [0.5, 0.6) is 0 Å². The second kappa shape index (κ2) is 3.28. The molecule has 2 N–H and O–H groups in total. The Morgan fingerprint density at radius 3 is 1.75 bits per heavy atom. The molecule has 2 unspecified atom stereocenters. The van der Waals surface area contributed by atoms with E-state index in [0.717, 1.165) is 0 Å². The van der Waals surface area contributed by atoms with Gasteiger partial charge in [0.05, 0.1) is 25.3 Å². The minimum Gasteiger partial charge on any atom is -0.394 e. The quantitative estimate of drug-likeness (QED) is 0.547. The molecule has 0 saturated carbocycles. The molecule has 1 heterocycles. The van der Waals surface area contributed by atoms with Crippen LogP contribution in [0.15, 0.2) is 0 Å². The van der Waals surface area contributed by atoms with Crippen molar-refractivity contribution in [1.29, 1.82) is 0 Å². The predicted octanol–water partition coefficient (Wildman–Crippen LogP) is -1.29. The molecule has 0 aliphatic carbocycles. The summed E-state index contributed by atoms with van der Waals surface area (Å²) in [6, 6.07) is -0.729. The molecule has 0 radical (unpaired) electrons. The lowest BCUT2D eigenvalue weighted by Crippen LogP contribution is -2.40. The van der Waals surface area contributed by atoms with Crippen LogP contribution in [0, 0.1) is 0 Å². The zero-order chi connectivity index (χ0) is 9.30. The number of likely N-dealkylation sites (N-methyl/N-ethyl adjacent to an activating group) is 2. The lowest BCUT2D eigenvalue weighted by Gasteiger charge is -2.20. The van der Waals surface area contributed by atoms with Crippen LogP contribution in [0.25, 0.3) is 0 Å². The van der Waals surface area contributed by atoms with E-state index in [1.54, 1.807) is 14.1 Å². The van der Waals surface area contributed by atoms with E-state index in [4.69, 9.17) is 10.2 Å². The highest BCUT2D eigenvalue weighted by Gasteiger charge is 2.40. The van der Waals surface area contributed by atoms with Crippen LogP contribution < -0.4 is 0 Å². The first-order valence-corrected chi connectivity index (χ1v) is 3.84. The van der Waals surface area contributed by atoms with Gasteiger partial charge in [0.1, 0.15) is 0 Å². The maximum Gasteiger partial charge on any atom is 0.320 e. The Balaban J connectivity index is 2.79. The van der Waals surface area contributed by atoms with Crippen molar-refractivity contribution in [1.82, 2.24) is 9.80 Å². The Morgan fingerprint density at radius 1 is 1.17 bits per heavy atom. The van der Waals surface area contributed by atoms with Gasteiger partial charge in [0.15, 0.2) is 0 Å². The van der Waals surface area contributed by atoms with Gasteiger partial charge < -0.3 is 20.0 Å². The van der Waals surface area contributed by atoms with Crippen LogP contribution in [0.2, 0.25) is 0 Å². The van der Waals surface area contributed by atoms with Crippen molar-refractivity contribution >= 4 is 6.03 Å². The van der Waals surface area contributed by atoms with Crippen LogP contribution >= 0.6 is 0 Å². The van der Waals surface area contributed by atoms with Crippen molar-refractivity contribution in [2.45, 2.75) is 12.1 Å². The molecular weight excluding hydrogens is 160 g/mol. The van der Waals surface area contributed by atoms with Gasteiger partial charge in [-0.1, -0.05) is 0 Å². The van der Waals surface area contributed by atoms with Gasteiger partial charge in [-0.05, 0) is 0 Å². The number of aliphatic hydroxyl groups excluding tert-OH is 2. The number of urea groups is 1.